The Morgan fingerprint density at radius 1 is 1.44 bits per heavy atom. The Bertz CT molecular complexity index is 137. The monoisotopic (exact) mass is 127 g/mol. The number of hydroxylamine groups is 1. The van der Waals surface area contributed by atoms with E-state index in [1.807, 2.05) is 0 Å². The molecule has 2 aliphatic heterocycles. The van der Waals surface area contributed by atoms with Crippen molar-refractivity contribution in [1.29, 1.82) is 0 Å². The highest BCUT2D eigenvalue weighted by atomic mass is 16.7. The zero-order valence-corrected chi connectivity index (χ0v) is 5.14. The Morgan fingerprint density at radius 3 is 3.33 bits per heavy atom. The summed E-state index contributed by atoms with van der Waals surface area (Å²) in [5.74, 6) is 1.10. The minimum Gasteiger partial charge on any atom is -0.413 e. The molecule has 0 bridgehead atoms. The van der Waals surface area contributed by atoms with Crippen molar-refractivity contribution >= 4 is 0 Å². The van der Waals surface area contributed by atoms with Crippen molar-refractivity contribution < 1.29 is 9.57 Å². The van der Waals surface area contributed by atoms with Crippen LogP contribution in [0.3, 0.4) is 0 Å². The first-order chi connectivity index (χ1) is 4.47. The lowest BCUT2D eigenvalue weighted by molar-refractivity contribution is 0.0981. The van der Waals surface area contributed by atoms with Gasteiger partial charge in [-0.25, -0.2) is 0 Å². The van der Waals surface area contributed by atoms with Crippen LogP contribution in [0.1, 0.15) is 6.42 Å². The van der Waals surface area contributed by atoms with Gasteiger partial charge in [-0.3, -0.25) is 0 Å². The summed E-state index contributed by atoms with van der Waals surface area (Å²) in [7, 11) is 0. The Morgan fingerprint density at radius 2 is 2.44 bits per heavy atom. The minimum atomic E-state index is 0.752. The summed E-state index contributed by atoms with van der Waals surface area (Å²) in [6.07, 6.45) is 0.933. The molecule has 0 unspecified atom stereocenters. The molecular weight excluding hydrogens is 118 g/mol. The molecule has 1 N–H and O–H groups in total. The molecule has 0 atom stereocenters. The fourth-order valence-corrected chi connectivity index (χ4v) is 1.10. The highest BCUT2D eigenvalue weighted by Crippen LogP contribution is 2.18. The van der Waals surface area contributed by atoms with Crippen molar-refractivity contribution in [2.75, 3.05) is 19.8 Å². The van der Waals surface area contributed by atoms with Crippen LogP contribution in [-0.4, -0.2) is 19.8 Å². The zero-order valence-electron chi connectivity index (χ0n) is 5.14. The maximum absolute atomic E-state index is 5.21. The third-order valence-electron chi connectivity index (χ3n) is 1.63. The van der Waals surface area contributed by atoms with Gasteiger partial charge in [0.15, 0.2) is 0 Å². The smallest absolute Gasteiger partial charge is 0.129 e. The van der Waals surface area contributed by atoms with E-state index in [9.17, 15) is 0 Å². The van der Waals surface area contributed by atoms with Gasteiger partial charge in [0.25, 0.3) is 0 Å². The third-order valence-corrected chi connectivity index (χ3v) is 1.63. The van der Waals surface area contributed by atoms with Gasteiger partial charge in [-0.2, -0.15) is 5.48 Å². The molecule has 50 valence electrons. The molecule has 0 amide bonds. The van der Waals surface area contributed by atoms with Gasteiger partial charge in [-0.15, -0.1) is 0 Å². The third kappa shape index (κ3) is 0.821. The summed E-state index contributed by atoms with van der Waals surface area (Å²) in [5, 5.41) is 0. The summed E-state index contributed by atoms with van der Waals surface area (Å²) in [5.41, 5.74) is 4.09. The van der Waals surface area contributed by atoms with Crippen LogP contribution in [0.2, 0.25) is 0 Å². The van der Waals surface area contributed by atoms with E-state index in [0.717, 1.165) is 31.9 Å². The van der Waals surface area contributed by atoms with E-state index >= 15 is 0 Å². The van der Waals surface area contributed by atoms with E-state index in [2.05, 4.69) is 5.48 Å². The minimum absolute atomic E-state index is 0.752. The van der Waals surface area contributed by atoms with E-state index in [-0.39, 0.29) is 0 Å². The highest BCUT2D eigenvalue weighted by molar-refractivity contribution is 5.15. The first-order valence-electron chi connectivity index (χ1n) is 3.15. The predicted octanol–water partition coefficient (Wildman–Crippen LogP) is 0.196. The molecule has 0 radical (unpaired) electrons. The number of nitrogens with one attached hydrogen (secondary N) is 1. The molecule has 0 aromatic rings. The molecule has 0 fully saturated rings. The van der Waals surface area contributed by atoms with Crippen LogP contribution in [0.5, 0.6) is 0 Å². The molecule has 0 aliphatic carbocycles. The second-order valence-corrected chi connectivity index (χ2v) is 2.25. The average Bonchev–Trinajstić information content (AvgIpc) is 2.33. The molecule has 3 nitrogen and oxygen atoms in total. The lowest BCUT2D eigenvalue weighted by Crippen LogP contribution is -2.10. The Hall–Kier alpha value is -0.540. The van der Waals surface area contributed by atoms with E-state index in [4.69, 9.17) is 9.57 Å². The molecule has 2 rings (SSSR count). The maximum Gasteiger partial charge on any atom is 0.129 e. The normalized spacial score (nSPS) is 25.8. The predicted molar refractivity (Wildman–Crippen MR) is 31.5 cm³/mol. The Kier molecular flexibility index (Phi) is 1.17. The van der Waals surface area contributed by atoms with Gasteiger partial charge in [0, 0.05) is 12.0 Å². The molecule has 9 heavy (non-hydrogen) atoms. The molecule has 2 aliphatic rings. The fourth-order valence-electron chi connectivity index (χ4n) is 1.10. The van der Waals surface area contributed by atoms with E-state index in [0.29, 0.717) is 0 Å². The first-order valence-corrected chi connectivity index (χ1v) is 3.15. The van der Waals surface area contributed by atoms with Crippen LogP contribution < -0.4 is 5.48 Å². The summed E-state index contributed by atoms with van der Waals surface area (Å²) >= 11 is 0. The van der Waals surface area contributed by atoms with Crippen molar-refractivity contribution in [3.05, 3.63) is 11.3 Å². The second-order valence-electron chi connectivity index (χ2n) is 2.25. The average molecular weight is 127 g/mol. The second kappa shape index (κ2) is 2.01. The lowest BCUT2D eigenvalue weighted by Gasteiger charge is -2.10. The SMILES string of the molecule is C1CC2=C(CNO2)CO1. The van der Waals surface area contributed by atoms with Crippen molar-refractivity contribution in [1.82, 2.24) is 5.48 Å². The summed E-state index contributed by atoms with van der Waals surface area (Å²) < 4.78 is 5.21. The van der Waals surface area contributed by atoms with Gasteiger partial charge in [0.05, 0.1) is 19.8 Å². The fraction of sp³-hybridized carbons (Fsp3) is 0.667. The van der Waals surface area contributed by atoms with Crippen LogP contribution in [-0.2, 0) is 9.57 Å². The van der Waals surface area contributed by atoms with Gasteiger partial charge in [0.1, 0.15) is 5.76 Å². The molecule has 3 heteroatoms. The van der Waals surface area contributed by atoms with Crippen molar-refractivity contribution in [2.45, 2.75) is 6.42 Å². The van der Waals surface area contributed by atoms with Crippen molar-refractivity contribution in [3.63, 3.8) is 0 Å². The summed E-state index contributed by atoms with van der Waals surface area (Å²) in [4.78, 5) is 5.11. The largest absolute Gasteiger partial charge is 0.413 e. The van der Waals surface area contributed by atoms with E-state index in [1.54, 1.807) is 0 Å². The Labute approximate surface area is 53.6 Å². The van der Waals surface area contributed by atoms with Crippen LogP contribution in [0.25, 0.3) is 0 Å². The maximum atomic E-state index is 5.21. The summed E-state index contributed by atoms with van der Waals surface area (Å²) in [6.45, 7) is 2.40. The van der Waals surface area contributed by atoms with Gasteiger partial charge >= 0.3 is 0 Å². The van der Waals surface area contributed by atoms with Crippen molar-refractivity contribution in [2.24, 2.45) is 0 Å². The van der Waals surface area contributed by atoms with E-state index in [1.165, 1.54) is 5.57 Å². The standard InChI is InChI=1S/C6H9NO2/c1-2-8-4-5-3-7-9-6(1)5/h7H,1-4H2. The van der Waals surface area contributed by atoms with E-state index < -0.39 is 0 Å². The Balaban J connectivity index is 2.17. The van der Waals surface area contributed by atoms with Crippen LogP contribution in [0.15, 0.2) is 11.3 Å². The highest BCUT2D eigenvalue weighted by Gasteiger charge is 2.19. The molecule has 0 spiro atoms. The summed E-state index contributed by atoms with van der Waals surface area (Å²) in [6, 6.07) is 0. The van der Waals surface area contributed by atoms with Crippen molar-refractivity contribution in [3.8, 4) is 0 Å². The lowest BCUT2D eigenvalue weighted by atomic mass is 10.2. The van der Waals surface area contributed by atoms with Crippen LogP contribution in [0.4, 0.5) is 0 Å². The molecule has 0 aromatic carbocycles. The van der Waals surface area contributed by atoms with Crippen LogP contribution in [0, 0.1) is 0 Å². The van der Waals surface area contributed by atoms with Gasteiger partial charge in [-0.05, 0) is 0 Å². The quantitative estimate of drug-likeness (QED) is 0.504. The first kappa shape index (κ1) is 5.26. The molecule has 2 heterocycles. The number of rotatable bonds is 0. The molecule has 0 saturated carbocycles. The number of hydrogen-bond donors (Lipinski definition) is 1. The zero-order chi connectivity index (χ0) is 6.10. The van der Waals surface area contributed by atoms with Gasteiger partial charge in [-0.1, -0.05) is 0 Å². The molecular formula is C6H9NO2. The van der Waals surface area contributed by atoms with Gasteiger partial charge < -0.3 is 9.57 Å². The topological polar surface area (TPSA) is 30.5 Å². The molecule has 0 saturated heterocycles. The van der Waals surface area contributed by atoms with Gasteiger partial charge in [0.2, 0.25) is 0 Å². The van der Waals surface area contributed by atoms with Crippen LogP contribution >= 0.6 is 0 Å². The number of hydrogen-bond acceptors (Lipinski definition) is 3. The molecule has 0 aromatic heterocycles. The number of ether oxygens (including phenoxy) is 1.